The number of nitrogens with zero attached hydrogens (tertiary/aromatic N) is 1. The molecule has 2 rings (SSSR count). The minimum absolute atomic E-state index is 0.0851. The monoisotopic (exact) mass is 495 g/mol. The smallest absolute Gasteiger partial charge is 0.274 e. The van der Waals surface area contributed by atoms with Gasteiger partial charge in [-0.3, -0.25) is 14.5 Å². The van der Waals surface area contributed by atoms with Crippen molar-refractivity contribution in [2.45, 2.75) is 24.4 Å². The lowest BCUT2D eigenvalue weighted by Gasteiger charge is -2.27. The first-order valence-corrected chi connectivity index (χ1v) is 8.02. The van der Waals surface area contributed by atoms with Gasteiger partial charge in [0.15, 0.2) is 0 Å². The lowest BCUT2D eigenvalue weighted by Crippen LogP contribution is -2.51. The fraction of sp³-hybridized carbons (Fsp3) is 0.333. The zero-order valence-electron chi connectivity index (χ0n) is 12.6. The number of rotatable bonds is 4. The van der Waals surface area contributed by atoms with Crippen molar-refractivity contribution in [1.29, 1.82) is 0 Å². The zero-order valence-corrected chi connectivity index (χ0v) is 14.7. The van der Waals surface area contributed by atoms with E-state index in [1.54, 1.807) is 0 Å². The first kappa shape index (κ1) is 20.6. The van der Waals surface area contributed by atoms with Crippen LogP contribution in [-0.2, 0) is 0 Å². The molecule has 26 heavy (non-hydrogen) atoms. The van der Waals surface area contributed by atoms with Gasteiger partial charge >= 0.3 is 18.0 Å². The molecule has 0 radical (unpaired) electrons. The van der Waals surface area contributed by atoms with E-state index in [2.05, 4.69) is 0 Å². The highest BCUT2D eigenvalue weighted by Gasteiger charge is 2.71. The number of alkyl halides is 7. The van der Waals surface area contributed by atoms with Gasteiger partial charge in [-0.15, -0.1) is 0 Å². The summed E-state index contributed by atoms with van der Waals surface area (Å²) >= 11 is 1.12. The number of carbonyl (C=O) groups excluding carboxylic acids is 2. The summed E-state index contributed by atoms with van der Waals surface area (Å²) in [6.07, 6.45) is -13.5. The molecule has 3 nitrogen and oxygen atoms in total. The molecule has 0 bridgehead atoms. The molecule has 0 atom stereocenters. The molecule has 0 saturated heterocycles. The summed E-state index contributed by atoms with van der Waals surface area (Å²) in [5.41, 5.74) is -5.35. The molecule has 0 unspecified atom stereocenters. The first-order chi connectivity index (χ1) is 11.8. The summed E-state index contributed by atoms with van der Waals surface area (Å²) in [7, 11) is 0. The summed E-state index contributed by atoms with van der Waals surface area (Å²) in [6.45, 7) is -0.479. The quantitative estimate of drug-likeness (QED) is 0.341. The van der Waals surface area contributed by atoms with Gasteiger partial charge in [0.25, 0.3) is 11.8 Å². The Hall–Kier alpha value is -1.66. The van der Waals surface area contributed by atoms with Gasteiger partial charge in [-0.05, 0) is 50.8 Å². The van der Waals surface area contributed by atoms with Gasteiger partial charge < -0.3 is 0 Å². The number of carbonyl (C=O) groups is 2. The van der Waals surface area contributed by atoms with Crippen molar-refractivity contribution in [3.63, 3.8) is 0 Å². The molecule has 0 aliphatic carbocycles. The van der Waals surface area contributed by atoms with Crippen LogP contribution in [-0.4, -0.2) is 41.3 Å². The molecule has 142 valence electrons. The van der Waals surface area contributed by atoms with Crippen molar-refractivity contribution in [3.8, 4) is 0 Å². The van der Waals surface area contributed by atoms with E-state index in [-0.39, 0.29) is 11.1 Å². The lowest BCUT2D eigenvalue weighted by molar-refractivity contribution is -0.322. The molecule has 1 heterocycles. The van der Waals surface area contributed by atoms with Crippen LogP contribution in [0.4, 0.5) is 30.7 Å². The third-order valence-corrected chi connectivity index (χ3v) is 4.48. The average Bonchev–Trinajstić information content (AvgIpc) is 2.75. The summed E-state index contributed by atoms with van der Waals surface area (Å²) in [6, 6.07) is 5.75. The molecule has 0 aromatic heterocycles. The van der Waals surface area contributed by atoms with Gasteiger partial charge in [-0.2, -0.15) is 26.3 Å². The normalized spacial score (nSPS) is 16.3. The number of benzene rings is 1. The maximum Gasteiger partial charge on any atom is 0.435 e. The van der Waals surface area contributed by atoms with E-state index in [1.807, 2.05) is 0 Å². The molecule has 0 N–H and O–H groups in total. The van der Waals surface area contributed by atoms with Gasteiger partial charge in [0.1, 0.15) is 0 Å². The molecular formula is C15H9F7INO2. The third kappa shape index (κ3) is 3.58. The number of hydrogen-bond donors (Lipinski definition) is 0. The number of fused-ring (bicyclic) bond motifs is 1. The number of allylic oxidation sites excluding steroid dienone is 1. The van der Waals surface area contributed by atoms with Crippen molar-refractivity contribution in [1.82, 2.24) is 4.90 Å². The second kappa shape index (κ2) is 6.82. The summed E-state index contributed by atoms with van der Waals surface area (Å²) in [5.74, 6) is -1.43. The molecule has 1 aliphatic heterocycles. The Morgan fingerprint density at radius 3 is 1.73 bits per heavy atom. The van der Waals surface area contributed by atoms with Gasteiger partial charge in [-0.25, -0.2) is 4.39 Å². The van der Waals surface area contributed by atoms with Crippen LogP contribution in [0, 0.1) is 0 Å². The topological polar surface area (TPSA) is 37.4 Å². The summed E-state index contributed by atoms with van der Waals surface area (Å²) in [4.78, 5) is 24.8. The van der Waals surface area contributed by atoms with Crippen LogP contribution in [0.1, 0.15) is 27.1 Å². The van der Waals surface area contributed by atoms with Crippen LogP contribution in [0.5, 0.6) is 0 Å². The number of halogens is 8. The third-order valence-electron chi connectivity index (χ3n) is 3.63. The van der Waals surface area contributed by atoms with E-state index in [9.17, 15) is 40.3 Å². The van der Waals surface area contributed by atoms with Crippen molar-refractivity contribution in [3.05, 3.63) is 45.0 Å². The van der Waals surface area contributed by atoms with Crippen molar-refractivity contribution >= 4 is 34.4 Å². The Kier molecular flexibility index (Phi) is 5.41. The van der Waals surface area contributed by atoms with Gasteiger partial charge in [0.2, 0.25) is 0 Å². The molecule has 11 heteroatoms. The second-order valence-corrected chi connectivity index (χ2v) is 6.74. The van der Waals surface area contributed by atoms with Crippen LogP contribution in [0.2, 0.25) is 0 Å². The first-order valence-electron chi connectivity index (χ1n) is 6.94. The van der Waals surface area contributed by atoms with E-state index in [0.717, 1.165) is 22.6 Å². The van der Waals surface area contributed by atoms with Crippen molar-refractivity contribution < 1.29 is 40.3 Å². The number of imide groups is 1. The van der Waals surface area contributed by atoms with Crippen LogP contribution < -0.4 is 0 Å². The molecule has 0 spiro atoms. The van der Waals surface area contributed by atoms with E-state index in [4.69, 9.17) is 0 Å². The Morgan fingerprint density at radius 1 is 0.923 bits per heavy atom. The van der Waals surface area contributed by atoms with E-state index in [1.165, 1.54) is 24.3 Å². The molecular weight excluding hydrogens is 486 g/mol. The Balaban J connectivity index is 2.18. The van der Waals surface area contributed by atoms with Crippen molar-refractivity contribution in [2.24, 2.45) is 0 Å². The lowest BCUT2D eigenvalue weighted by atomic mass is 10.0. The minimum atomic E-state index is -6.20. The van der Waals surface area contributed by atoms with Crippen LogP contribution >= 0.6 is 22.6 Å². The molecule has 0 saturated carbocycles. The van der Waals surface area contributed by atoms with E-state index < -0.39 is 52.5 Å². The maximum absolute atomic E-state index is 13.6. The molecule has 2 amide bonds. The molecule has 1 aromatic rings. The Labute approximate surface area is 156 Å². The predicted octanol–water partition coefficient (Wildman–Crippen LogP) is 4.82. The number of hydrogen-bond acceptors (Lipinski definition) is 2. The van der Waals surface area contributed by atoms with Crippen LogP contribution in [0.15, 0.2) is 33.9 Å². The van der Waals surface area contributed by atoms with Crippen LogP contribution in [0.3, 0.4) is 0 Å². The fourth-order valence-electron chi connectivity index (χ4n) is 2.27. The van der Waals surface area contributed by atoms with Crippen molar-refractivity contribution in [2.75, 3.05) is 6.54 Å². The minimum Gasteiger partial charge on any atom is -0.274 e. The Bertz CT molecular complexity index is 721. The molecule has 0 fully saturated rings. The van der Waals surface area contributed by atoms with Gasteiger partial charge in [0, 0.05) is 6.54 Å². The SMILES string of the molecule is O=C1c2ccccc2C(=O)N1CCC(I)=CC(F)(C(F)(F)F)C(F)(F)F. The Morgan fingerprint density at radius 2 is 1.35 bits per heavy atom. The maximum atomic E-state index is 13.6. The highest BCUT2D eigenvalue weighted by atomic mass is 127. The standard InChI is InChI=1S/C15H9F7INO2/c16-13(14(17,18)19,15(20,21)22)7-8(23)5-6-24-11(25)9-3-1-2-4-10(9)12(24)26/h1-4,7H,5-6H2. The van der Waals surface area contributed by atoms with Gasteiger partial charge in [0.05, 0.1) is 11.1 Å². The summed E-state index contributed by atoms with van der Waals surface area (Å²) < 4.78 is 88.3. The second-order valence-electron chi connectivity index (χ2n) is 5.36. The van der Waals surface area contributed by atoms with E-state index in [0.29, 0.717) is 4.90 Å². The highest BCUT2D eigenvalue weighted by Crippen LogP contribution is 2.48. The average molecular weight is 495 g/mol. The largest absolute Gasteiger partial charge is 0.435 e. The predicted molar refractivity (Wildman–Crippen MR) is 84.5 cm³/mol. The molecule has 1 aromatic carbocycles. The molecule has 1 aliphatic rings. The highest BCUT2D eigenvalue weighted by molar-refractivity contribution is 14.1. The fourth-order valence-corrected chi connectivity index (χ4v) is 2.94. The van der Waals surface area contributed by atoms with E-state index >= 15 is 0 Å². The van der Waals surface area contributed by atoms with Crippen LogP contribution in [0.25, 0.3) is 0 Å². The summed E-state index contributed by atoms with van der Waals surface area (Å²) in [5, 5.41) is 0. The zero-order chi connectivity index (χ0) is 19.9. The van der Waals surface area contributed by atoms with Gasteiger partial charge in [-0.1, -0.05) is 12.1 Å². The number of amides is 2.